The van der Waals surface area contributed by atoms with Crippen LogP contribution in [0.15, 0.2) is 53.4 Å². The number of carbonyl (C=O) groups excluding carboxylic acids is 1. The minimum absolute atomic E-state index is 0.0165. The third-order valence-corrected chi connectivity index (χ3v) is 6.83. The molecule has 1 aliphatic heterocycles. The van der Waals surface area contributed by atoms with Crippen molar-refractivity contribution in [2.24, 2.45) is 0 Å². The van der Waals surface area contributed by atoms with Crippen molar-refractivity contribution < 1.29 is 17.9 Å². The van der Waals surface area contributed by atoms with Gasteiger partial charge in [-0.25, -0.2) is 8.42 Å². The summed E-state index contributed by atoms with van der Waals surface area (Å²) in [5, 5.41) is 0. The van der Waals surface area contributed by atoms with E-state index in [1.807, 2.05) is 4.90 Å². The van der Waals surface area contributed by atoms with Gasteiger partial charge >= 0.3 is 0 Å². The van der Waals surface area contributed by atoms with E-state index in [4.69, 9.17) is 4.74 Å². The van der Waals surface area contributed by atoms with Gasteiger partial charge in [0.05, 0.1) is 12.0 Å². The van der Waals surface area contributed by atoms with Crippen molar-refractivity contribution in [1.82, 2.24) is 9.21 Å². The molecule has 7 heteroatoms. The molecule has 28 heavy (non-hydrogen) atoms. The Labute approximate surface area is 166 Å². The van der Waals surface area contributed by atoms with Gasteiger partial charge in [-0.2, -0.15) is 4.31 Å². The Bertz CT molecular complexity index is 923. The van der Waals surface area contributed by atoms with Crippen LogP contribution in [0, 0.1) is 0 Å². The number of sulfonamides is 1. The highest BCUT2D eigenvalue weighted by molar-refractivity contribution is 7.89. The maximum atomic E-state index is 12.8. The molecule has 0 aliphatic carbocycles. The SMILES string of the molecule is COc1ccc(C(=O)N2CCCCC2)cc1CN(C)S(=O)(=O)c1ccccc1. The van der Waals surface area contributed by atoms with Gasteiger partial charge in [-0.3, -0.25) is 4.79 Å². The first kappa shape index (κ1) is 20.4. The highest BCUT2D eigenvalue weighted by Crippen LogP contribution is 2.25. The van der Waals surface area contributed by atoms with Crippen molar-refractivity contribution in [3.05, 3.63) is 59.7 Å². The van der Waals surface area contributed by atoms with Crippen molar-refractivity contribution in [3.8, 4) is 5.75 Å². The molecule has 0 aromatic heterocycles. The molecule has 1 heterocycles. The molecule has 0 unspecified atom stereocenters. The van der Waals surface area contributed by atoms with Crippen LogP contribution in [-0.4, -0.2) is 50.8 Å². The van der Waals surface area contributed by atoms with Gasteiger partial charge < -0.3 is 9.64 Å². The lowest BCUT2D eigenvalue weighted by Gasteiger charge is -2.27. The number of hydrogen-bond donors (Lipinski definition) is 0. The molecule has 0 spiro atoms. The van der Waals surface area contributed by atoms with Gasteiger partial charge in [-0.05, 0) is 49.6 Å². The summed E-state index contributed by atoms with van der Waals surface area (Å²) in [6, 6.07) is 13.5. The van der Waals surface area contributed by atoms with Crippen LogP contribution in [0.1, 0.15) is 35.2 Å². The van der Waals surface area contributed by atoms with Crippen LogP contribution in [0.3, 0.4) is 0 Å². The Morgan fingerprint density at radius 3 is 2.39 bits per heavy atom. The molecule has 2 aromatic rings. The molecule has 1 amide bonds. The fourth-order valence-electron chi connectivity index (χ4n) is 3.41. The van der Waals surface area contributed by atoms with Crippen LogP contribution in [-0.2, 0) is 16.6 Å². The van der Waals surface area contributed by atoms with Crippen molar-refractivity contribution in [3.63, 3.8) is 0 Å². The highest BCUT2D eigenvalue weighted by Gasteiger charge is 2.23. The molecule has 6 nitrogen and oxygen atoms in total. The second-order valence-corrected chi connectivity index (χ2v) is 9.00. The molecule has 0 radical (unpaired) electrons. The Balaban J connectivity index is 1.85. The fourth-order valence-corrected chi connectivity index (χ4v) is 4.58. The normalized spacial score (nSPS) is 14.9. The van der Waals surface area contributed by atoms with E-state index in [2.05, 4.69) is 0 Å². The van der Waals surface area contributed by atoms with E-state index >= 15 is 0 Å². The molecular weight excluding hydrogens is 376 g/mol. The molecule has 3 rings (SSSR count). The summed E-state index contributed by atoms with van der Waals surface area (Å²) in [5.74, 6) is 0.544. The minimum Gasteiger partial charge on any atom is -0.496 e. The first-order valence-corrected chi connectivity index (χ1v) is 10.8. The van der Waals surface area contributed by atoms with E-state index in [-0.39, 0.29) is 17.3 Å². The molecule has 2 aromatic carbocycles. The van der Waals surface area contributed by atoms with E-state index in [1.54, 1.807) is 48.5 Å². The predicted molar refractivity (Wildman–Crippen MR) is 108 cm³/mol. The lowest BCUT2D eigenvalue weighted by atomic mass is 10.1. The van der Waals surface area contributed by atoms with E-state index in [0.717, 1.165) is 32.4 Å². The van der Waals surface area contributed by atoms with Crippen LogP contribution in [0.2, 0.25) is 0 Å². The second-order valence-electron chi connectivity index (χ2n) is 6.95. The largest absolute Gasteiger partial charge is 0.496 e. The number of amides is 1. The first-order valence-electron chi connectivity index (χ1n) is 9.41. The van der Waals surface area contributed by atoms with Crippen molar-refractivity contribution in [2.45, 2.75) is 30.7 Å². The van der Waals surface area contributed by atoms with E-state index < -0.39 is 10.0 Å². The Morgan fingerprint density at radius 2 is 1.75 bits per heavy atom. The van der Waals surface area contributed by atoms with Crippen LogP contribution in [0.4, 0.5) is 0 Å². The quantitative estimate of drug-likeness (QED) is 0.745. The molecule has 1 saturated heterocycles. The Kier molecular flexibility index (Phi) is 6.36. The smallest absolute Gasteiger partial charge is 0.253 e. The summed E-state index contributed by atoms with van der Waals surface area (Å²) in [4.78, 5) is 14.9. The third kappa shape index (κ3) is 4.36. The molecular formula is C21H26N2O4S. The summed E-state index contributed by atoms with van der Waals surface area (Å²) in [6.45, 7) is 1.65. The monoisotopic (exact) mass is 402 g/mol. The number of nitrogens with zero attached hydrogens (tertiary/aromatic N) is 2. The number of benzene rings is 2. The van der Waals surface area contributed by atoms with Crippen molar-refractivity contribution >= 4 is 15.9 Å². The average molecular weight is 403 g/mol. The highest BCUT2D eigenvalue weighted by atomic mass is 32.2. The van der Waals surface area contributed by atoms with Crippen molar-refractivity contribution in [2.75, 3.05) is 27.2 Å². The maximum Gasteiger partial charge on any atom is 0.253 e. The van der Waals surface area contributed by atoms with Gasteiger partial charge in [0.25, 0.3) is 5.91 Å². The zero-order valence-electron chi connectivity index (χ0n) is 16.3. The number of rotatable bonds is 6. The average Bonchev–Trinajstić information content (AvgIpc) is 2.74. The van der Waals surface area contributed by atoms with Crippen LogP contribution < -0.4 is 4.74 Å². The Morgan fingerprint density at radius 1 is 1.07 bits per heavy atom. The van der Waals surface area contributed by atoms with Crippen LogP contribution in [0.25, 0.3) is 0 Å². The third-order valence-electron chi connectivity index (χ3n) is 5.02. The number of methoxy groups -OCH3 is 1. The van der Waals surface area contributed by atoms with Gasteiger partial charge in [-0.15, -0.1) is 0 Å². The number of ether oxygens (including phenoxy) is 1. The molecule has 1 fully saturated rings. The van der Waals surface area contributed by atoms with Gasteiger partial charge in [-0.1, -0.05) is 18.2 Å². The van der Waals surface area contributed by atoms with Gasteiger partial charge in [0.1, 0.15) is 5.75 Å². The second kappa shape index (κ2) is 8.75. The first-order chi connectivity index (χ1) is 13.4. The number of likely N-dealkylation sites (tertiary alicyclic amines) is 1. The zero-order chi connectivity index (χ0) is 20.1. The zero-order valence-corrected chi connectivity index (χ0v) is 17.1. The van der Waals surface area contributed by atoms with E-state index in [0.29, 0.717) is 16.9 Å². The lowest BCUT2D eigenvalue weighted by Crippen LogP contribution is -2.35. The summed E-state index contributed by atoms with van der Waals surface area (Å²) in [5.41, 5.74) is 1.22. The predicted octanol–water partition coefficient (Wildman–Crippen LogP) is 3.14. The summed E-state index contributed by atoms with van der Waals surface area (Å²) < 4.78 is 32.3. The minimum atomic E-state index is -3.63. The van der Waals surface area contributed by atoms with E-state index in [9.17, 15) is 13.2 Å². The molecule has 0 bridgehead atoms. The maximum absolute atomic E-state index is 12.8. The van der Waals surface area contributed by atoms with Gasteiger partial charge in [0.15, 0.2) is 0 Å². The molecule has 150 valence electrons. The lowest BCUT2D eigenvalue weighted by molar-refractivity contribution is 0.0724. The molecule has 1 aliphatic rings. The summed E-state index contributed by atoms with van der Waals surface area (Å²) >= 11 is 0. The number of hydrogen-bond acceptors (Lipinski definition) is 4. The van der Waals surface area contributed by atoms with Crippen LogP contribution in [0.5, 0.6) is 5.75 Å². The molecule has 0 N–H and O–H groups in total. The summed E-state index contributed by atoms with van der Waals surface area (Å²) in [7, 11) is -0.566. The van der Waals surface area contributed by atoms with Crippen LogP contribution >= 0.6 is 0 Å². The summed E-state index contributed by atoms with van der Waals surface area (Å²) in [6.07, 6.45) is 3.19. The standard InChI is InChI=1S/C21H26N2O4S/c1-22(28(25,26)19-9-5-3-6-10-19)16-18-15-17(11-12-20(18)27-2)21(24)23-13-7-4-8-14-23/h3,5-6,9-12,15H,4,7-8,13-14,16H2,1-2H3. The number of piperidine rings is 1. The topological polar surface area (TPSA) is 66.9 Å². The van der Waals surface area contributed by atoms with E-state index in [1.165, 1.54) is 18.5 Å². The fraction of sp³-hybridized carbons (Fsp3) is 0.381. The van der Waals surface area contributed by atoms with Gasteiger partial charge in [0, 0.05) is 37.8 Å². The Hall–Kier alpha value is -2.38. The molecule has 0 saturated carbocycles. The molecule has 0 atom stereocenters. The number of carbonyl (C=O) groups is 1. The van der Waals surface area contributed by atoms with Crippen molar-refractivity contribution in [1.29, 1.82) is 0 Å². The van der Waals surface area contributed by atoms with Gasteiger partial charge in [0.2, 0.25) is 10.0 Å².